The van der Waals surface area contributed by atoms with E-state index >= 15 is 0 Å². The smallest absolute Gasteiger partial charge is 0.216 e. The Hall–Kier alpha value is -1.11. The molecular weight excluding hydrogens is 288 g/mol. The molecule has 0 saturated carbocycles. The van der Waals surface area contributed by atoms with Crippen LogP contribution in [0, 0.1) is 0 Å². The van der Waals surface area contributed by atoms with Crippen molar-refractivity contribution in [3.05, 3.63) is 30.3 Å². The zero-order chi connectivity index (χ0) is 15.5. The van der Waals surface area contributed by atoms with Crippen LogP contribution < -0.4 is 4.90 Å². The Balaban J connectivity index is 2.12. The fourth-order valence-corrected chi connectivity index (χ4v) is 4.45. The molecule has 1 fully saturated rings. The lowest BCUT2D eigenvalue weighted by molar-refractivity contribution is 0.214. The van der Waals surface area contributed by atoms with Crippen molar-refractivity contribution in [2.45, 2.75) is 25.9 Å². The summed E-state index contributed by atoms with van der Waals surface area (Å²) in [5.41, 5.74) is 1.14. The second kappa shape index (κ2) is 6.77. The zero-order valence-corrected chi connectivity index (χ0v) is 13.7. The standard InChI is InChI=1S/C15H24N2O3S/c1-13-11-16(21(18,19)10-9-20-3)12-14(2)17(13)15-7-5-4-6-8-15/h4-8,13-14H,9-12H2,1-3H3. The van der Waals surface area contributed by atoms with Gasteiger partial charge in [-0.25, -0.2) is 8.42 Å². The summed E-state index contributed by atoms with van der Waals surface area (Å²) in [6.07, 6.45) is 0. The Kier molecular flexibility index (Phi) is 5.24. The summed E-state index contributed by atoms with van der Waals surface area (Å²) in [6.45, 7) is 5.42. The first-order valence-corrected chi connectivity index (χ1v) is 8.87. The zero-order valence-electron chi connectivity index (χ0n) is 12.9. The molecule has 5 nitrogen and oxygen atoms in total. The normalized spacial score (nSPS) is 24.2. The van der Waals surface area contributed by atoms with Gasteiger partial charge in [0.25, 0.3) is 0 Å². The lowest BCUT2D eigenvalue weighted by Gasteiger charge is -2.45. The van der Waals surface area contributed by atoms with E-state index in [2.05, 4.69) is 30.9 Å². The van der Waals surface area contributed by atoms with E-state index in [1.165, 1.54) is 7.11 Å². The minimum absolute atomic E-state index is 0.0499. The Morgan fingerprint density at radius 2 is 1.71 bits per heavy atom. The summed E-state index contributed by atoms with van der Waals surface area (Å²) >= 11 is 0. The average Bonchev–Trinajstić information content (AvgIpc) is 2.45. The lowest BCUT2D eigenvalue weighted by atomic mass is 10.1. The van der Waals surface area contributed by atoms with Gasteiger partial charge in [-0.3, -0.25) is 0 Å². The number of para-hydroxylation sites is 1. The number of methoxy groups -OCH3 is 1. The SMILES string of the molecule is COCCS(=O)(=O)N1CC(C)N(c2ccccc2)C(C)C1. The lowest BCUT2D eigenvalue weighted by Crippen LogP contribution is -2.58. The van der Waals surface area contributed by atoms with Crippen LogP contribution in [-0.2, 0) is 14.8 Å². The quantitative estimate of drug-likeness (QED) is 0.828. The summed E-state index contributed by atoms with van der Waals surface area (Å²) in [4.78, 5) is 2.29. The van der Waals surface area contributed by atoms with Crippen molar-refractivity contribution >= 4 is 15.7 Å². The predicted octanol–water partition coefficient (Wildman–Crippen LogP) is 1.56. The Labute approximate surface area is 127 Å². The maximum atomic E-state index is 12.3. The number of sulfonamides is 1. The molecule has 0 N–H and O–H groups in total. The van der Waals surface area contributed by atoms with Crippen molar-refractivity contribution in [1.82, 2.24) is 4.31 Å². The van der Waals surface area contributed by atoms with E-state index in [9.17, 15) is 8.42 Å². The first-order valence-electron chi connectivity index (χ1n) is 7.26. The van der Waals surface area contributed by atoms with Gasteiger partial charge in [-0.05, 0) is 26.0 Å². The number of piperazine rings is 1. The molecule has 0 radical (unpaired) electrons. The summed E-state index contributed by atoms with van der Waals surface area (Å²) in [7, 11) is -1.71. The fourth-order valence-electron chi connectivity index (χ4n) is 2.93. The number of hydrogen-bond donors (Lipinski definition) is 0. The number of anilines is 1. The molecule has 0 amide bonds. The van der Waals surface area contributed by atoms with Gasteiger partial charge in [0.05, 0.1) is 12.4 Å². The summed E-state index contributed by atoms with van der Waals surface area (Å²) in [5.74, 6) is 0.0499. The van der Waals surface area contributed by atoms with Crippen LogP contribution in [0.25, 0.3) is 0 Å². The largest absolute Gasteiger partial charge is 0.384 e. The molecule has 0 aromatic heterocycles. The molecule has 0 spiro atoms. The Bertz CT molecular complexity index is 535. The molecule has 2 unspecified atom stereocenters. The van der Waals surface area contributed by atoms with Crippen molar-refractivity contribution in [2.75, 3.05) is 37.5 Å². The molecule has 21 heavy (non-hydrogen) atoms. The molecule has 2 rings (SSSR count). The van der Waals surface area contributed by atoms with Crippen LogP contribution in [0.4, 0.5) is 5.69 Å². The predicted molar refractivity (Wildman–Crippen MR) is 85.1 cm³/mol. The van der Waals surface area contributed by atoms with Gasteiger partial charge in [-0.15, -0.1) is 0 Å². The second-order valence-corrected chi connectivity index (χ2v) is 7.66. The summed E-state index contributed by atoms with van der Waals surface area (Å²) in [5, 5.41) is 0. The van der Waals surface area contributed by atoms with Crippen molar-refractivity contribution < 1.29 is 13.2 Å². The van der Waals surface area contributed by atoms with Gasteiger partial charge >= 0.3 is 0 Å². The highest BCUT2D eigenvalue weighted by atomic mass is 32.2. The van der Waals surface area contributed by atoms with Crippen LogP contribution in [-0.4, -0.2) is 57.4 Å². The van der Waals surface area contributed by atoms with E-state index in [1.54, 1.807) is 4.31 Å². The third-order valence-electron chi connectivity index (χ3n) is 3.88. The molecule has 1 aliphatic rings. The molecule has 0 aliphatic carbocycles. The van der Waals surface area contributed by atoms with Crippen molar-refractivity contribution in [3.63, 3.8) is 0 Å². The maximum absolute atomic E-state index is 12.3. The van der Waals surface area contributed by atoms with E-state index in [0.29, 0.717) is 13.1 Å². The van der Waals surface area contributed by atoms with Gasteiger partial charge in [-0.1, -0.05) is 18.2 Å². The molecule has 1 aromatic rings. The van der Waals surface area contributed by atoms with Gasteiger partial charge in [0.2, 0.25) is 10.0 Å². The highest BCUT2D eigenvalue weighted by molar-refractivity contribution is 7.89. The molecular formula is C15H24N2O3S. The average molecular weight is 312 g/mol. The molecule has 2 atom stereocenters. The topological polar surface area (TPSA) is 49.9 Å². The Morgan fingerprint density at radius 1 is 1.14 bits per heavy atom. The van der Waals surface area contributed by atoms with Gasteiger partial charge in [0.1, 0.15) is 0 Å². The van der Waals surface area contributed by atoms with E-state index in [-0.39, 0.29) is 24.4 Å². The maximum Gasteiger partial charge on any atom is 0.216 e. The number of benzene rings is 1. The fraction of sp³-hybridized carbons (Fsp3) is 0.600. The van der Waals surface area contributed by atoms with Gasteiger partial charge in [0, 0.05) is 38.0 Å². The molecule has 0 bridgehead atoms. The minimum atomic E-state index is -3.24. The molecule has 1 aromatic carbocycles. The number of rotatable bonds is 5. The van der Waals surface area contributed by atoms with Gasteiger partial charge in [0.15, 0.2) is 0 Å². The Morgan fingerprint density at radius 3 is 2.24 bits per heavy atom. The van der Waals surface area contributed by atoms with Crippen LogP contribution in [0.2, 0.25) is 0 Å². The molecule has 1 heterocycles. The first kappa shape index (κ1) is 16.3. The van der Waals surface area contributed by atoms with E-state index in [0.717, 1.165) is 5.69 Å². The van der Waals surface area contributed by atoms with E-state index < -0.39 is 10.0 Å². The van der Waals surface area contributed by atoms with Crippen molar-refractivity contribution in [2.24, 2.45) is 0 Å². The van der Waals surface area contributed by atoms with Crippen molar-refractivity contribution in [1.29, 1.82) is 0 Å². The number of nitrogens with zero attached hydrogens (tertiary/aromatic N) is 2. The first-order chi connectivity index (χ1) is 9.95. The van der Waals surface area contributed by atoms with Crippen LogP contribution in [0.15, 0.2) is 30.3 Å². The van der Waals surface area contributed by atoms with Gasteiger partial charge in [-0.2, -0.15) is 4.31 Å². The van der Waals surface area contributed by atoms with Crippen LogP contribution >= 0.6 is 0 Å². The monoisotopic (exact) mass is 312 g/mol. The summed E-state index contributed by atoms with van der Waals surface area (Å²) in [6, 6.07) is 10.4. The van der Waals surface area contributed by atoms with Crippen LogP contribution in [0.5, 0.6) is 0 Å². The molecule has 1 aliphatic heterocycles. The van der Waals surface area contributed by atoms with Crippen LogP contribution in [0.3, 0.4) is 0 Å². The summed E-state index contributed by atoms with van der Waals surface area (Å²) < 4.78 is 31.1. The van der Waals surface area contributed by atoms with E-state index in [4.69, 9.17) is 4.74 Å². The third-order valence-corrected chi connectivity index (χ3v) is 5.65. The van der Waals surface area contributed by atoms with E-state index in [1.807, 2.05) is 18.2 Å². The second-order valence-electron chi connectivity index (χ2n) is 5.57. The van der Waals surface area contributed by atoms with Crippen LogP contribution in [0.1, 0.15) is 13.8 Å². The number of ether oxygens (including phenoxy) is 1. The molecule has 1 saturated heterocycles. The highest BCUT2D eigenvalue weighted by Crippen LogP contribution is 2.25. The highest BCUT2D eigenvalue weighted by Gasteiger charge is 2.35. The van der Waals surface area contributed by atoms with Gasteiger partial charge < -0.3 is 9.64 Å². The van der Waals surface area contributed by atoms with Crippen molar-refractivity contribution in [3.8, 4) is 0 Å². The molecule has 118 valence electrons. The third kappa shape index (κ3) is 3.75. The minimum Gasteiger partial charge on any atom is -0.384 e. The molecule has 6 heteroatoms. The number of hydrogen-bond acceptors (Lipinski definition) is 4.